The molecule has 4 aromatic rings. The lowest BCUT2D eigenvalue weighted by atomic mass is 10.0. The van der Waals surface area contributed by atoms with Crippen LogP contribution in [0.4, 0.5) is 5.69 Å². The summed E-state index contributed by atoms with van der Waals surface area (Å²) < 4.78 is 12.9. The predicted octanol–water partition coefficient (Wildman–Crippen LogP) is 4.65. The van der Waals surface area contributed by atoms with Crippen molar-refractivity contribution in [1.82, 2.24) is 14.9 Å². The van der Waals surface area contributed by atoms with E-state index >= 15 is 0 Å². The van der Waals surface area contributed by atoms with Gasteiger partial charge in [0.1, 0.15) is 0 Å². The van der Waals surface area contributed by atoms with Gasteiger partial charge >= 0.3 is 0 Å². The molecule has 0 aliphatic carbocycles. The van der Waals surface area contributed by atoms with Crippen LogP contribution in [0.25, 0.3) is 10.9 Å². The molecule has 1 fully saturated rings. The van der Waals surface area contributed by atoms with E-state index in [4.69, 9.17) is 21.1 Å². The number of piperidine rings is 1. The van der Waals surface area contributed by atoms with Crippen LogP contribution in [0.15, 0.2) is 59.0 Å². The second-order valence-electron chi connectivity index (χ2n) is 8.88. The highest BCUT2D eigenvalue weighted by Crippen LogP contribution is 2.36. The number of halogens is 1. The average Bonchev–Trinajstić information content (AvgIpc) is 3.56. The van der Waals surface area contributed by atoms with Crippen molar-refractivity contribution in [3.8, 4) is 11.5 Å². The van der Waals surface area contributed by atoms with Gasteiger partial charge in [0.25, 0.3) is 5.56 Å². The topological polar surface area (TPSA) is 68.6 Å². The normalized spacial score (nSPS) is 15.6. The summed E-state index contributed by atoms with van der Waals surface area (Å²) in [4.78, 5) is 21.1. The first-order chi connectivity index (χ1) is 17.2. The van der Waals surface area contributed by atoms with Gasteiger partial charge in [-0.15, -0.1) is 11.3 Å². The molecule has 0 saturated carbocycles. The summed E-state index contributed by atoms with van der Waals surface area (Å²) in [7, 11) is 0. The third kappa shape index (κ3) is 4.49. The molecule has 1 saturated heterocycles. The van der Waals surface area contributed by atoms with Gasteiger partial charge in [-0.25, -0.2) is 0 Å². The van der Waals surface area contributed by atoms with E-state index in [9.17, 15) is 4.79 Å². The molecule has 35 heavy (non-hydrogen) atoms. The molecule has 1 N–H and O–H groups in total. The molecule has 0 spiro atoms. The minimum atomic E-state index is -0.0344. The zero-order valence-electron chi connectivity index (χ0n) is 19.1. The molecule has 4 heterocycles. The Balaban J connectivity index is 1.47. The van der Waals surface area contributed by atoms with Gasteiger partial charge in [0.2, 0.25) is 6.79 Å². The molecule has 2 aromatic carbocycles. The average molecular weight is 509 g/mol. The zero-order valence-corrected chi connectivity index (χ0v) is 20.6. The summed E-state index contributed by atoms with van der Waals surface area (Å²) in [6.45, 7) is 3.28. The minimum Gasteiger partial charge on any atom is -0.454 e. The van der Waals surface area contributed by atoms with Crippen molar-refractivity contribution in [1.29, 1.82) is 0 Å². The Morgan fingerprint density at radius 1 is 1.11 bits per heavy atom. The SMILES string of the molecule is O=c1cc(N(Cc2ccc3c(c2)OCO3)C2CCNCC2)c2cc(Cl)ccc2n1Cc1cncs1. The predicted molar refractivity (Wildman–Crippen MR) is 139 cm³/mol. The van der Waals surface area contributed by atoms with Crippen LogP contribution >= 0.6 is 22.9 Å². The van der Waals surface area contributed by atoms with Gasteiger partial charge in [-0.2, -0.15) is 0 Å². The van der Waals surface area contributed by atoms with Gasteiger partial charge < -0.3 is 24.3 Å². The second kappa shape index (κ2) is 9.53. The van der Waals surface area contributed by atoms with Crippen LogP contribution in [0.5, 0.6) is 11.5 Å². The van der Waals surface area contributed by atoms with Crippen molar-refractivity contribution in [2.24, 2.45) is 0 Å². The Morgan fingerprint density at radius 2 is 1.97 bits per heavy atom. The van der Waals surface area contributed by atoms with Crippen LogP contribution in [-0.4, -0.2) is 35.5 Å². The number of nitrogens with zero attached hydrogens (tertiary/aromatic N) is 3. The molecular formula is C26H25ClN4O3S. The first-order valence-corrected chi connectivity index (χ1v) is 13.0. The van der Waals surface area contributed by atoms with Gasteiger partial charge in [0, 0.05) is 40.1 Å². The van der Waals surface area contributed by atoms with Crippen LogP contribution in [-0.2, 0) is 13.1 Å². The van der Waals surface area contributed by atoms with Crippen molar-refractivity contribution in [2.45, 2.75) is 32.0 Å². The van der Waals surface area contributed by atoms with Crippen LogP contribution in [0, 0.1) is 0 Å². The van der Waals surface area contributed by atoms with E-state index in [0.29, 0.717) is 24.2 Å². The molecular weight excluding hydrogens is 484 g/mol. The van der Waals surface area contributed by atoms with Gasteiger partial charge in [0.05, 0.1) is 23.3 Å². The van der Waals surface area contributed by atoms with E-state index < -0.39 is 0 Å². The van der Waals surface area contributed by atoms with E-state index in [0.717, 1.165) is 64.5 Å². The van der Waals surface area contributed by atoms with E-state index in [1.165, 1.54) is 0 Å². The first kappa shape index (κ1) is 22.4. The monoisotopic (exact) mass is 508 g/mol. The number of nitrogens with one attached hydrogen (secondary N) is 1. The van der Waals surface area contributed by atoms with Crippen LogP contribution in [0.1, 0.15) is 23.3 Å². The lowest BCUT2D eigenvalue weighted by Gasteiger charge is -2.37. The van der Waals surface area contributed by atoms with Crippen molar-refractivity contribution >= 4 is 39.5 Å². The lowest BCUT2D eigenvalue weighted by Crippen LogP contribution is -2.43. The molecule has 9 heteroatoms. The number of thiazole rings is 1. The van der Waals surface area contributed by atoms with Crippen LogP contribution in [0.2, 0.25) is 5.02 Å². The number of ether oxygens (including phenoxy) is 2. The molecule has 0 unspecified atom stereocenters. The number of hydrogen-bond donors (Lipinski definition) is 1. The Kier molecular flexibility index (Phi) is 6.10. The van der Waals surface area contributed by atoms with Gasteiger partial charge in [-0.1, -0.05) is 17.7 Å². The first-order valence-electron chi connectivity index (χ1n) is 11.7. The van der Waals surface area contributed by atoms with Crippen LogP contribution in [0.3, 0.4) is 0 Å². The van der Waals surface area contributed by atoms with E-state index in [1.807, 2.05) is 41.1 Å². The number of fused-ring (bicyclic) bond motifs is 2. The molecule has 180 valence electrons. The number of benzene rings is 2. The van der Waals surface area contributed by atoms with Gasteiger partial charge in [0.15, 0.2) is 11.5 Å². The van der Waals surface area contributed by atoms with Crippen LogP contribution < -0.4 is 25.2 Å². The molecule has 0 radical (unpaired) electrons. The smallest absolute Gasteiger partial charge is 0.253 e. The van der Waals surface area contributed by atoms with Crippen molar-refractivity contribution in [2.75, 3.05) is 24.8 Å². The highest BCUT2D eigenvalue weighted by molar-refractivity contribution is 7.09. The molecule has 0 bridgehead atoms. The van der Waals surface area contributed by atoms with Crippen molar-refractivity contribution < 1.29 is 9.47 Å². The standard InChI is InChI=1S/C26H25ClN4O3S/c27-18-2-3-22-21(10-18)23(11-26(32)31(22)14-20-12-29-15-35-20)30(19-5-7-28-8-6-19)13-17-1-4-24-25(9-17)34-16-33-24/h1-4,9-12,15,19,28H,5-8,13-14,16H2. The summed E-state index contributed by atoms with van der Waals surface area (Å²) in [5.74, 6) is 1.53. The quantitative estimate of drug-likeness (QED) is 0.409. The number of aromatic nitrogens is 2. The third-order valence-corrected chi connectivity index (χ3v) is 7.70. The minimum absolute atomic E-state index is 0.0344. The Bertz CT molecular complexity index is 1420. The zero-order chi connectivity index (χ0) is 23.8. The van der Waals surface area contributed by atoms with Gasteiger partial charge in [-0.3, -0.25) is 9.78 Å². The summed E-state index contributed by atoms with van der Waals surface area (Å²) in [6, 6.07) is 13.9. The summed E-state index contributed by atoms with van der Waals surface area (Å²) in [6.07, 6.45) is 3.81. The van der Waals surface area contributed by atoms with E-state index in [-0.39, 0.29) is 12.4 Å². The fourth-order valence-electron chi connectivity index (χ4n) is 4.98. The molecule has 6 rings (SSSR count). The summed E-state index contributed by atoms with van der Waals surface area (Å²) >= 11 is 8.03. The Hall–Kier alpha value is -3.07. The van der Waals surface area contributed by atoms with Crippen molar-refractivity contribution in [3.63, 3.8) is 0 Å². The van der Waals surface area contributed by atoms with E-state index in [1.54, 1.807) is 22.9 Å². The molecule has 0 atom stereocenters. The molecule has 2 aromatic heterocycles. The number of rotatable bonds is 6. The summed E-state index contributed by atoms with van der Waals surface area (Å²) in [5, 5.41) is 5.08. The fraction of sp³-hybridized carbons (Fsp3) is 0.308. The number of pyridine rings is 1. The lowest BCUT2D eigenvalue weighted by molar-refractivity contribution is 0.174. The highest BCUT2D eigenvalue weighted by Gasteiger charge is 2.25. The van der Waals surface area contributed by atoms with E-state index in [2.05, 4.69) is 21.3 Å². The number of hydrogen-bond acceptors (Lipinski definition) is 7. The van der Waals surface area contributed by atoms with Crippen molar-refractivity contribution in [3.05, 3.63) is 80.0 Å². The fourth-order valence-corrected chi connectivity index (χ4v) is 5.74. The highest BCUT2D eigenvalue weighted by atomic mass is 35.5. The third-order valence-electron chi connectivity index (χ3n) is 6.70. The van der Waals surface area contributed by atoms with Gasteiger partial charge in [-0.05, 0) is 61.8 Å². The maximum absolute atomic E-state index is 13.5. The Labute approximate surface area is 211 Å². The summed E-state index contributed by atoms with van der Waals surface area (Å²) in [5.41, 5.74) is 4.65. The Morgan fingerprint density at radius 3 is 2.80 bits per heavy atom. The number of anilines is 1. The largest absolute Gasteiger partial charge is 0.454 e. The molecule has 0 amide bonds. The molecule has 7 nitrogen and oxygen atoms in total. The maximum atomic E-state index is 13.5. The second-order valence-corrected chi connectivity index (χ2v) is 10.3. The maximum Gasteiger partial charge on any atom is 0.253 e. The molecule has 2 aliphatic rings. The molecule has 2 aliphatic heterocycles.